The van der Waals surface area contributed by atoms with Gasteiger partial charge in [0.15, 0.2) is 11.1 Å². The minimum absolute atomic E-state index is 0.0158. The average Bonchev–Trinajstić information content (AvgIpc) is 2.14. The normalized spacial score (nSPS) is 12.8. The van der Waals surface area contributed by atoms with Crippen LogP contribution in [0.4, 0.5) is 5.69 Å². The van der Waals surface area contributed by atoms with Gasteiger partial charge in [0.25, 0.3) is 10.2 Å². The Balaban J connectivity index is 3.25. The second kappa shape index (κ2) is 5.24. The van der Waals surface area contributed by atoms with E-state index in [1.54, 1.807) is 6.07 Å². The SMILES string of the molecule is N#Cc1c(CS(=O)O)cccc1NS(N)(=O)=O. The third-order valence-corrected chi connectivity index (χ3v) is 2.86. The summed E-state index contributed by atoms with van der Waals surface area (Å²) in [4.78, 5) is 0. The number of nitrogens with two attached hydrogens (primary N) is 1. The molecule has 0 aliphatic rings. The maximum Gasteiger partial charge on any atom is 0.296 e. The summed E-state index contributed by atoms with van der Waals surface area (Å²) in [7, 11) is -3.99. The van der Waals surface area contributed by atoms with Crippen LogP contribution in [0.2, 0.25) is 0 Å². The lowest BCUT2D eigenvalue weighted by molar-refractivity contribution is 0.563. The van der Waals surface area contributed by atoms with Crippen LogP contribution in [-0.2, 0) is 27.0 Å². The van der Waals surface area contributed by atoms with Crippen molar-refractivity contribution in [1.82, 2.24) is 0 Å². The van der Waals surface area contributed by atoms with E-state index in [4.69, 9.17) is 15.0 Å². The zero-order valence-electron chi connectivity index (χ0n) is 8.45. The highest BCUT2D eigenvalue weighted by molar-refractivity contribution is 7.90. The van der Waals surface area contributed by atoms with Gasteiger partial charge in [-0.05, 0) is 11.6 Å². The Labute approximate surface area is 101 Å². The second-order valence-corrected chi connectivity index (χ2v) is 5.29. The Kier molecular flexibility index (Phi) is 4.19. The van der Waals surface area contributed by atoms with Crippen molar-refractivity contribution in [2.45, 2.75) is 5.75 Å². The lowest BCUT2D eigenvalue weighted by atomic mass is 10.1. The van der Waals surface area contributed by atoms with Gasteiger partial charge in [-0.15, -0.1) is 0 Å². The number of anilines is 1. The Bertz CT molecular complexity index is 591. The van der Waals surface area contributed by atoms with Gasteiger partial charge in [0, 0.05) is 0 Å². The fourth-order valence-electron chi connectivity index (χ4n) is 1.22. The molecule has 0 aromatic heterocycles. The van der Waals surface area contributed by atoms with Crippen LogP contribution < -0.4 is 9.86 Å². The molecule has 0 aliphatic heterocycles. The molecule has 1 rings (SSSR count). The van der Waals surface area contributed by atoms with E-state index in [-0.39, 0.29) is 22.6 Å². The molecule has 0 saturated carbocycles. The van der Waals surface area contributed by atoms with Gasteiger partial charge in [0.05, 0.1) is 17.0 Å². The van der Waals surface area contributed by atoms with Crippen molar-refractivity contribution < 1.29 is 17.2 Å². The molecule has 92 valence electrons. The summed E-state index contributed by atoms with van der Waals surface area (Å²) in [5.41, 5.74) is 0.226. The lowest BCUT2D eigenvalue weighted by Gasteiger charge is -2.08. The van der Waals surface area contributed by atoms with Crippen LogP contribution in [0.5, 0.6) is 0 Å². The molecular formula is C8H9N3O4S2. The first kappa shape index (κ1) is 13.6. The van der Waals surface area contributed by atoms with Gasteiger partial charge in [0.1, 0.15) is 6.07 Å². The molecule has 7 nitrogen and oxygen atoms in total. The predicted molar refractivity (Wildman–Crippen MR) is 62.4 cm³/mol. The highest BCUT2D eigenvalue weighted by Crippen LogP contribution is 2.20. The Hall–Kier alpha value is -1.47. The Morgan fingerprint density at radius 1 is 1.53 bits per heavy atom. The molecule has 0 bridgehead atoms. The van der Waals surface area contributed by atoms with Crippen molar-refractivity contribution in [3.63, 3.8) is 0 Å². The number of nitrogens with zero attached hydrogens (tertiary/aromatic N) is 1. The zero-order chi connectivity index (χ0) is 13.1. The third kappa shape index (κ3) is 4.12. The van der Waals surface area contributed by atoms with Crippen LogP contribution in [0.15, 0.2) is 18.2 Å². The summed E-state index contributed by atoms with van der Waals surface area (Å²) >= 11 is -2.12. The molecule has 9 heteroatoms. The maximum atomic E-state index is 10.9. The van der Waals surface area contributed by atoms with E-state index in [0.29, 0.717) is 0 Å². The number of hydrogen-bond donors (Lipinski definition) is 3. The summed E-state index contributed by atoms with van der Waals surface area (Å²) in [6.07, 6.45) is 0. The number of benzene rings is 1. The summed E-state index contributed by atoms with van der Waals surface area (Å²) in [5.74, 6) is -0.261. The van der Waals surface area contributed by atoms with Crippen molar-refractivity contribution in [3.05, 3.63) is 29.3 Å². The summed E-state index contributed by atoms with van der Waals surface area (Å²) in [5, 5.41) is 13.7. The van der Waals surface area contributed by atoms with Gasteiger partial charge < -0.3 is 4.55 Å². The van der Waals surface area contributed by atoms with E-state index in [9.17, 15) is 12.6 Å². The molecule has 1 atom stereocenters. The minimum Gasteiger partial charge on any atom is -0.306 e. The van der Waals surface area contributed by atoms with Gasteiger partial charge in [-0.1, -0.05) is 12.1 Å². The smallest absolute Gasteiger partial charge is 0.296 e. The lowest BCUT2D eigenvalue weighted by Crippen LogP contribution is -2.22. The molecule has 4 N–H and O–H groups in total. The fourth-order valence-corrected chi connectivity index (χ4v) is 2.21. The zero-order valence-corrected chi connectivity index (χ0v) is 10.1. The van der Waals surface area contributed by atoms with Crippen molar-refractivity contribution >= 4 is 27.0 Å². The summed E-state index contributed by atoms with van der Waals surface area (Å²) in [6.45, 7) is 0. The van der Waals surface area contributed by atoms with Gasteiger partial charge in [-0.2, -0.15) is 13.7 Å². The standard InChI is InChI=1S/C8H9N3O4S2/c9-4-7-6(5-16(12)13)2-1-3-8(7)11-17(10,14)15/h1-3,11H,5H2,(H,12,13)(H2,10,14,15). The molecule has 1 aromatic carbocycles. The first-order valence-corrected chi connectivity index (χ1v) is 7.05. The minimum atomic E-state index is -3.99. The van der Waals surface area contributed by atoms with Crippen molar-refractivity contribution in [1.29, 1.82) is 5.26 Å². The van der Waals surface area contributed by atoms with Crippen LogP contribution >= 0.6 is 0 Å². The summed E-state index contributed by atoms with van der Waals surface area (Å²) < 4.78 is 43.1. The number of rotatable bonds is 4. The van der Waals surface area contributed by atoms with Crippen LogP contribution in [-0.4, -0.2) is 17.2 Å². The molecular weight excluding hydrogens is 266 g/mol. The quantitative estimate of drug-likeness (QED) is 0.659. The third-order valence-electron chi connectivity index (χ3n) is 1.79. The van der Waals surface area contributed by atoms with E-state index in [0.717, 1.165) is 0 Å². The summed E-state index contributed by atoms with van der Waals surface area (Å²) in [6, 6.07) is 6.02. The van der Waals surface area contributed by atoms with E-state index < -0.39 is 21.3 Å². The van der Waals surface area contributed by atoms with E-state index in [2.05, 4.69) is 0 Å². The molecule has 0 aliphatic carbocycles. The van der Waals surface area contributed by atoms with Crippen LogP contribution in [0.25, 0.3) is 0 Å². The van der Waals surface area contributed by atoms with Gasteiger partial charge >= 0.3 is 0 Å². The van der Waals surface area contributed by atoms with Crippen LogP contribution in [0.3, 0.4) is 0 Å². The van der Waals surface area contributed by atoms with Gasteiger partial charge in [-0.3, -0.25) is 4.72 Å². The van der Waals surface area contributed by atoms with Gasteiger partial charge in [0.2, 0.25) is 0 Å². The maximum absolute atomic E-state index is 10.9. The van der Waals surface area contributed by atoms with Crippen LogP contribution in [0.1, 0.15) is 11.1 Å². The highest BCUT2D eigenvalue weighted by Gasteiger charge is 2.12. The van der Waals surface area contributed by atoms with Crippen molar-refractivity contribution in [2.75, 3.05) is 4.72 Å². The van der Waals surface area contributed by atoms with Crippen molar-refractivity contribution in [2.24, 2.45) is 5.14 Å². The predicted octanol–water partition coefficient (Wildman–Crippen LogP) is -0.105. The first-order chi connectivity index (χ1) is 7.83. The topological polar surface area (TPSA) is 133 Å². The molecule has 0 amide bonds. The van der Waals surface area contributed by atoms with Gasteiger partial charge in [-0.25, -0.2) is 9.35 Å². The van der Waals surface area contributed by atoms with E-state index >= 15 is 0 Å². The molecule has 0 radical (unpaired) electrons. The number of nitrogens with one attached hydrogen (secondary N) is 1. The fraction of sp³-hybridized carbons (Fsp3) is 0.125. The molecule has 1 aromatic rings. The largest absolute Gasteiger partial charge is 0.306 e. The molecule has 0 spiro atoms. The molecule has 0 saturated heterocycles. The van der Waals surface area contributed by atoms with Crippen LogP contribution in [0, 0.1) is 11.3 Å². The van der Waals surface area contributed by atoms with E-state index in [1.807, 2.05) is 4.72 Å². The monoisotopic (exact) mass is 275 g/mol. The highest BCUT2D eigenvalue weighted by atomic mass is 32.2. The first-order valence-electron chi connectivity index (χ1n) is 4.23. The van der Waals surface area contributed by atoms with E-state index in [1.165, 1.54) is 18.2 Å². The molecule has 17 heavy (non-hydrogen) atoms. The second-order valence-electron chi connectivity index (χ2n) is 3.06. The molecule has 0 fully saturated rings. The average molecular weight is 275 g/mol. The molecule has 0 heterocycles. The van der Waals surface area contributed by atoms with Crippen molar-refractivity contribution in [3.8, 4) is 6.07 Å². The Morgan fingerprint density at radius 3 is 2.65 bits per heavy atom. The molecule has 1 unspecified atom stereocenters. The number of hydrogen-bond acceptors (Lipinski definition) is 4. The number of nitriles is 1. The Morgan fingerprint density at radius 2 is 2.18 bits per heavy atom.